The molecule has 1 aromatic carbocycles. The molecule has 2 fully saturated rings. The first kappa shape index (κ1) is 23.8. The number of guanidine groups is 1. The number of amides is 1. The molecule has 2 aliphatic rings. The number of carbonyl (C=O) groups excluding carboxylic acids is 1. The van der Waals surface area contributed by atoms with Crippen LogP contribution in [0.3, 0.4) is 0 Å². The molecule has 0 bridgehead atoms. The number of hydrogen-bond acceptors (Lipinski definition) is 3. The van der Waals surface area contributed by atoms with E-state index >= 15 is 0 Å². The number of fused-ring (bicyclic) bond motifs is 1. The Bertz CT molecular complexity index is 870. The van der Waals surface area contributed by atoms with Gasteiger partial charge in [-0.2, -0.15) is 0 Å². The van der Waals surface area contributed by atoms with Crippen LogP contribution in [0.25, 0.3) is 10.9 Å². The van der Waals surface area contributed by atoms with Gasteiger partial charge in [0, 0.05) is 63.0 Å². The Labute approximate surface area is 201 Å². The molecule has 1 aromatic heterocycles. The second kappa shape index (κ2) is 11.7. The van der Waals surface area contributed by atoms with Crippen molar-refractivity contribution in [3.05, 3.63) is 36.0 Å². The number of benzene rings is 1. The van der Waals surface area contributed by atoms with Gasteiger partial charge >= 0.3 is 0 Å². The molecule has 31 heavy (non-hydrogen) atoms. The van der Waals surface area contributed by atoms with Gasteiger partial charge in [-0.3, -0.25) is 9.79 Å². The maximum atomic E-state index is 12.6. The lowest BCUT2D eigenvalue weighted by Gasteiger charge is -2.37. The first-order chi connectivity index (χ1) is 14.8. The lowest BCUT2D eigenvalue weighted by atomic mass is 10.1. The number of aliphatic imine (C=N–C) groups is 1. The zero-order valence-corrected chi connectivity index (χ0v) is 20.6. The Balaban J connectivity index is 0.00000272. The predicted octanol–water partition coefficient (Wildman–Crippen LogP) is 3.01. The van der Waals surface area contributed by atoms with Crippen molar-refractivity contribution >= 4 is 46.7 Å². The molecule has 2 saturated heterocycles. The number of aromatic nitrogens is 1. The van der Waals surface area contributed by atoms with Crippen LogP contribution in [0.5, 0.6) is 0 Å². The SMILES string of the molecule is CCNC(=NCCCc1c[nH]c2ccccc12)N1CCN(C(=O)C2CCCO2)CC1.I. The summed E-state index contributed by atoms with van der Waals surface area (Å²) in [6.07, 6.45) is 5.77. The lowest BCUT2D eigenvalue weighted by Crippen LogP contribution is -2.55. The average molecular weight is 539 g/mol. The quantitative estimate of drug-likeness (QED) is 0.256. The number of halogens is 1. The summed E-state index contributed by atoms with van der Waals surface area (Å²) >= 11 is 0. The molecule has 0 spiro atoms. The molecule has 0 aliphatic carbocycles. The molecule has 7 nitrogen and oxygen atoms in total. The number of para-hydroxylation sites is 1. The summed E-state index contributed by atoms with van der Waals surface area (Å²) in [7, 11) is 0. The summed E-state index contributed by atoms with van der Waals surface area (Å²) < 4.78 is 5.56. The molecule has 3 heterocycles. The Morgan fingerprint density at radius 2 is 2.00 bits per heavy atom. The molecule has 0 radical (unpaired) electrons. The monoisotopic (exact) mass is 539 g/mol. The molecule has 8 heteroatoms. The van der Waals surface area contributed by atoms with Crippen LogP contribution in [-0.2, 0) is 16.0 Å². The van der Waals surface area contributed by atoms with Crippen LogP contribution in [0, 0.1) is 0 Å². The van der Waals surface area contributed by atoms with E-state index in [1.807, 2.05) is 4.90 Å². The van der Waals surface area contributed by atoms with Gasteiger partial charge in [0.25, 0.3) is 5.91 Å². The van der Waals surface area contributed by atoms with Gasteiger partial charge in [0.05, 0.1) is 0 Å². The lowest BCUT2D eigenvalue weighted by molar-refractivity contribution is -0.142. The van der Waals surface area contributed by atoms with Crippen molar-refractivity contribution in [2.45, 2.75) is 38.7 Å². The summed E-state index contributed by atoms with van der Waals surface area (Å²) in [5.74, 6) is 1.12. The maximum absolute atomic E-state index is 12.6. The highest BCUT2D eigenvalue weighted by Crippen LogP contribution is 2.19. The van der Waals surface area contributed by atoms with Crippen LogP contribution >= 0.6 is 24.0 Å². The summed E-state index contributed by atoms with van der Waals surface area (Å²) in [5.41, 5.74) is 2.55. The van der Waals surface area contributed by atoms with E-state index in [4.69, 9.17) is 9.73 Å². The summed E-state index contributed by atoms with van der Waals surface area (Å²) in [5, 5.41) is 4.72. The number of piperazine rings is 1. The van der Waals surface area contributed by atoms with Gasteiger partial charge in [-0.25, -0.2) is 0 Å². The molecule has 4 rings (SSSR count). The number of rotatable bonds is 6. The Morgan fingerprint density at radius 1 is 1.23 bits per heavy atom. The van der Waals surface area contributed by atoms with Gasteiger partial charge < -0.3 is 24.8 Å². The number of hydrogen-bond donors (Lipinski definition) is 2. The van der Waals surface area contributed by atoms with Crippen LogP contribution in [0.2, 0.25) is 0 Å². The van der Waals surface area contributed by atoms with Crippen molar-refractivity contribution in [1.29, 1.82) is 0 Å². The second-order valence-corrected chi connectivity index (χ2v) is 8.01. The largest absolute Gasteiger partial charge is 0.368 e. The van der Waals surface area contributed by atoms with Crippen molar-refractivity contribution in [2.24, 2.45) is 4.99 Å². The fraction of sp³-hybridized carbons (Fsp3) is 0.565. The van der Waals surface area contributed by atoms with Crippen molar-refractivity contribution in [3.63, 3.8) is 0 Å². The normalized spacial score (nSPS) is 19.5. The zero-order valence-electron chi connectivity index (χ0n) is 18.3. The van der Waals surface area contributed by atoms with E-state index < -0.39 is 0 Å². The fourth-order valence-electron chi connectivity index (χ4n) is 4.33. The summed E-state index contributed by atoms with van der Waals surface area (Å²) in [6.45, 7) is 7.54. The third-order valence-corrected chi connectivity index (χ3v) is 5.97. The number of H-pyrrole nitrogens is 1. The molecule has 1 amide bonds. The standard InChI is InChI=1S/C23H33N5O2.HI/c1-2-24-23(25-11-5-7-18-17-26-20-9-4-3-8-19(18)20)28-14-12-27(13-15-28)22(29)21-10-6-16-30-21;/h3-4,8-9,17,21,26H,2,5-7,10-16H2,1H3,(H,24,25);1H. The van der Waals surface area contributed by atoms with Crippen LogP contribution < -0.4 is 5.32 Å². The van der Waals surface area contributed by atoms with Crippen molar-refractivity contribution < 1.29 is 9.53 Å². The minimum atomic E-state index is -0.219. The Hall–Kier alpha value is -1.81. The molecular formula is C23H34IN5O2. The summed E-state index contributed by atoms with van der Waals surface area (Å²) in [6, 6.07) is 8.43. The number of aryl methyl sites for hydroxylation is 1. The van der Waals surface area contributed by atoms with Gasteiger partial charge in [0.2, 0.25) is 0 Å². The van der Waals surface area contributed by atoms with Gasteiger partial charge in [0.15, 0.2) is 5.96 Å². The Kier molecular flexibility index (Phi) is 9.01. The smallest absolute Gasteiger partial charge is 0.251 e. The first-order valence-corrected chi connectivity index (χ1v) is 11.2. The number of ether oxygens (including phenoxy) is 1. The highest BCUT2D eigenvalue weighted by Gasteiger charge is 2.30. The minimum absolute atomic E-state index is 0. The number of carbonyl (C=O) groups is 1. The summed E-state index contributed by atoms with van der Waals surface area (Å²) in [4.78, 5) is 25.0. The molecule has 2 aliphatic heterocycles. The first-order valence-electron chi connectivity index (χ1n) is 11.2. The highest BCUT2D eigenvalue weighted by atomic mass is 127. The van der Waals surface area contributed by atoms with Crippen LogP contribution in [-0.4, -0.2) is 78.6 Å². The molecule has 170 valence electrons. The molecule has 1 atom stereocenters. The van der Waals surface area contributed by atoms with Crippen LogP contribution in [0.15, 0.2) is 35.5 Å². The van der Waals surface area contributed by atoms with E-state index in [0.29, 0.717) is 6.61 Å². The highest BCUT2D eigenvalue weighted by molar-refractivity contribution is 14.0. The number of aromatic amines is 1. The number of nitrogens with zero attached hydrogens (tertiary/aromatic N) is 3. The zero-order chi connectivity index (χ0) is 20.8. The Morgan fingerprint density at radius 3 is 2.74 bits per heavy atom. The second-order valence-electron chi connectivity index (χ2n) is 8.01. The van der Waals surface area contributed by atoms with Crippen molar-refractivity contribution in [1.82, 2.24) is 20.1 Å². The van der Waals surface area contributed by atoms with E-state index in [1.54, 1.807) is 0 Å². The third kappa shape index (κ3) is 5.91. The maximum Gasteiger partial charge on any atom is 0.251 e. The molecule has 0 saturated carbocycles. The van der Waals surface area contributed by atoms with Gasteiger partial charge in [0.1, 0.15) is 6.10 Å². The predicted molar refractivity (Wildman–Crippen MR) is 135 cm³/mol. The van der Waals surface area contributed by atoms with Gasteiger partial charge in [-0.1, -0.05) is 18.2 Å². The topological polar surface area (TPSA) is 73.0 Å². The average Bonchev–Trinajstić information content (AvgIpc) is 3.46. The molecule has 1 unspecified atom stereocenters. The van der Waals surface area contributed by atoms with E-state index in [0.717, 1.165) is 70.9 Å². The van der Waals surface area contributed by atoms with E-state index in [9.17, 15) is 4.79 Å². The molecular weight excluding hydrogens is 505 g/mol. The van der Waals surface area contributed by atoms with Crippen LogP contribution in [0.4, 0.5) is 0 Å². The van der Waals surface area contributed by atoms with E-state index in [2.05, 4.69) is 52.6 Å². The van der Waals surface area contributed by atoms with Gasteiger partial charge in [-0.15, -0.1) is 24.0 Å². The third-order valence-electron chi connectivity index (χ3n) is 5.97. The fourth-order valence-corrected chi connectivity index (χ4v) is 4.33. The van der Waals surface area contributed by atoms with Gasteiger partial charge in [-0.05, 0) is 44.2 Å². The van der Waals surface area contributed by atoms with E-state index in [1.165, 1.54) is 16.5 Å². The number of nitrogens with one attached hydrogen (secondary N) is 2. The molecule has 2 aromatic rings. The van der Waals surface area contributed by atoms with Crippen molar-refractivity contribution in [2.75, 3.05) is 45.9 Å². The van der Waals surface area contributed by atoms with E-state index in [-0.39, 0.29) is 36.0 Å². The molecule has 2 N–H and O–H groups in total. The minimum Gasteiger partial charge on any atom is -0.368 e. The van der Waals surface area contributed by atoms with Crippen LogP contribution in [0.1, 0.15) is 31.7 Å². The van der Waals surface area contributed by atoms with Crippen molar-refractivity contribution in [3.8, 4) is 0 Å².